The zero-order chi connectivity index (χ0) is 22.7. The first-order valence-corrected chi connectivity index (χ1v) is 13.9. The highest BCUT2D eigenvalue weighted by atomic mass is 16.2. The van der Waals surface area contributed by atoms with Gasteiger partial charge < -0.3 is 9.80 Å². The van der Waals surface area contributed by atoms with E-state index >= 15 is 0 Å². The van der Waals surface area contributed by atoms with Crippen molar-refractivity contribution < 1.29 is 4.79 Å². The van der Waals surface area contributed by atoms with E-state index in [4.69, 9.17) is 0 Å². The van der Waals surface area contributed by atoms with Gasteiger partial charge in [0.25, 0.3) is 0 Å². The van der Waals surface area contributed by atoms with Gasteiger partial charge in [-0.15, -0.1) is 0 Å². The van der Waals surface area contributed by atoms with Crippen molar-refractivity contribution in [1.29, 1.82) is 0 Å². The van der Waals surface area contributed by atoms with Crippen molar-refractivity contribution in [3.63, 3.8) is 0 Å². The maximum absolute atomic E-state index is 12.8. The minimum absolute atomic E-state index is 0.217. The first-order valence-electron chi connectivity index (χ1n) is 13.9. The first-order chi connectivity index (χ1) is 14.9. The summed E-state index contributed by atoms with van der Waals surface area (Å²) in [5.74, 6) is 0.638. The van der Waals surface area contributed by atoms with E-state index in [1.54, 1.807) is 0 Å². The third-order valence-electron chi connectivity index (χ3n) is 8.41. The number of carbonyl (C=O) groups is 1. The second-order valence-electron chi connectivity index (χ2n) is 11.6. The fraction of sp³-hybridized carbons (Fsp3) is 0.964. The summed E-state index contributed by atoms with van der Waals surface area (Å²) < 4.78 is 0. The molecular weight excluding hydrogens is 380 g/mol. The quantitative estimate of drug-likeness (QED) is 0.253. The summed E-state index contributed by atoms with van der Waals surface area (Å²) in [7, 11) is 0. The van der Waals surface area contributed by atoms with Gasteiger partial charge in [-0.2, -0.15) is 0 Å². The molecule has 0 bridgehead atoms. The molecule has 182 valence electrons. The van der Waals surface area contributed by atoms with Crippen molar-refractivity contribution in [3.05, 3.63) is 0 Å². The van der Waals surface area contributed by atoms with Crippen LogP contribution in [0.2, 0.25) is 0 Å². The summed E-state index contributed by atoms with van der Waals surface area (Å²) in [5.41, 5.74) is 1.09. The largest absolute Gasteiger partial charge is 0.342 e. The topological polar surface area (TPSA) is 23.6 Å². The lowest BCUT2D eigenvalue weighted by molar-refractivity contribution is -0.140. The number of likely N-dealkylation sites (tertiary alicyclic amines) is 2. The van der Waals surface area contributed by atoms with Crippen molar-refractivity contribution in [3.8, 4) is 0 Å². The molecule has 0 aromatic carbocycles. The highest BCUT2D eigenvalue weighted by molar-refractivity contribution is 5.78. The molecule has 2 aliphatic heterocycles. The number of hydrogen-bond acceptors (Lipinski definition) is 2. The Hall–Kier alpha value is -0.570. The summed E-state index contributed by atoms with van der Waals surface area (Å²) in [6.45, 7) is 17.4. The molecule has 0 saturated carbocycles. The van der Waals surface area contributed by atoms with Crippen LogP contribution < -0.4 is 0 Å². The van der Waals surface area contributed by atoms with Crippen molar-refractivity contribution in [2.75, 3.05) is 32.7 Å². The van der Waals surface area contributed by atoms with Crippen LogP contribution >= 0.6 is 0 Å². The Morgan fingerprint density at radius 2 is 1.52 bits per heavy atom. The van der Waals surface area contributed by atoms with Crippen LogP contribution in [0.15, 0.2) is 0 Å². The number of piperidine rings is 1. The van der Waals surface area contributed by atoms with E-state index in [2.05, 4.69) is 44.4 Å². The van der Waals surface area contributed by atoms with E-state index < -0.39 is 0 Å². The molecule has 2 aliphatic rings. The van der Waals surface area contributed by atoms with E-state index in [1.165, 1.54) is 103 Å². The van der Waals surface area contributed by atoms with Crippen LogP contribution in [0.5, 0.6) is 0 Å². The van der Waals surface area contributed by atoms with Crippen LogP contribution in [0.3, 0.4) is 0 Å². The summed E-state index contributed by atoms with van der Waals surface area (Å²) in [6.07, 6.45) is 18.2. The lowest BCUT2D eigenvalue weighted by atomic mass is 9.71. The Balaban J connectivity index is 1.64. The summed E-state index contributed by atoms with van der Waals surface area (Å²) in [4.78, 5) is 17.7. The van der Waals surface area contributed by atoms with Crippen molar-refractivity contribution >= 4 is 5.91 Å². The smallest absolute Gasteiger partial charge is 0.225 e. The standard InChI is InChI=1S/C28H54N2O/c1-6-9-11-12-14-25(4)26(31)30-21-18-28(19-22-30)23-29(24-28)20-13-17-27(5,15-8-3)16-10-7-2/h25H,6-24H2,1-5H3. The van der Waals surface area contributed by atoms with Gasteiger partial charge in [0.05, 0.1) is 0 Å². The molecule has 2 saturated heterocycles. The van der Waals surface area contributed by atoms with Crippen LogP contribution in [-0.2, 0) is 4.79 Å². The second-order valence-corrected chi connectivity index (χ2v) is 11.6. The van der Waals surface area contributed by atoms with Crippen LogP contribution in [-0.4, -0.2) is 48.4 Å². The second kappa shape index (κ2) is 13.2. The highest BCUT2D eigenvalue weighted by Crippen LogP contribution is 2.41. The Kier molecular flexibility index (Phi) is 11.4. The van der Waals surface area contributed by atoms with Gasteiger partial charge in [0.1, 0.15) is 0 Å². The molecule has 0 radical (unpaired) electrons. The van der Waals surface area contributed by atoms with Gasteiger partial charge in [-0.1, -0.05) is 79.6 Å². The summed E-state index contributed by atoms with van der Waals surface area (Å²) in [6, 6.07) is 0. The average Bonchev–Trinajstić information content (AvgIpc) is 2.74. The minimum Gasteiger partial charge on any atom is -0.342 e. The van der Waals surface area contributed by atoms with E-state index in [1.807, 2.05) is 0 Å². The molecule has 2 rings (SSSR count). The molecule has 3 heteroatoms. The lowest BCUT2D eigenvalue weighted by Crippen LogP contribution is -2.61. The predicted molar refractivity (Wildman–Crippen MR) is 134 cm³/mol. The van der Waals surface area contributed by atoms with Gasteiger partial charge >= 0.3 is 0 Å². The van der Waals surface area contributed by atoms with Gasteiger partial charge in [0.2, 0.25) is 5.91 Å². The molecule has 2 heterocycles. The predicted octanol–water partition coefficient (Wildman–Crippen LogP) is 7.29. The molecule has 2 atom stereocenters. The van der Waals surface area contributed by atoms with Crippen LogP contribution in [0, 0.1) is 16.7 Å². The number of unbranched alkanes of at least 4 members (excludes halogenated alkanes) is 4. The molecule has 31 heavy (non-hydrogen) atoms. The van der Waals surface area contributed by atoms with E-state index in [0.29, 0.717) is 16.7 Å². The van der Waals surface area contributed by atoms with Gasteiger partial charge in [0, 0.05) is 32.1 Å². The van der Waals surface area contributed by atoms with Crippen molar-refractivity contribution in [2.24, 2.45) is 16.7 Å². The van der Waals surface area contributed by atoms with E-state index in [-0.39, 0.29) is 5.92 Å². The van der Waals surface area contributed by atoms with Gasteiger partial charge in [-0.25, -0.2) is 0 Å². The van der Waals surface area contributed by atoms with E-state index in [9.17, 15) is 4.79 Å². The summed E-state index contributed by atoms with van der Waals surface area (Å²) in [5, 5.41) is 0. The molecule has 3 nitrogen and oxygen atoms in total. The molecule has 2 fully saturated rings. The number of hydrogen-bond donors (Lipinski definition) is 0. The maximum Gasteiger partial charge on any atom is 0.225 e. The van der Waals surface area contributed by atoms with Gasteiger partial charge in [-0.3, -0.25) is 4.79 Å². The molecule has 0 aromatic heterocycles. The third kappa shape index (κ3) is 8.37. The number of nitrogens with zero attached hydrogens (tertiary/aromatic N) is 2. The Morgan fingerprint density at radius 3 is 2.13 bits per heavy atom. The number of amides is 1. The number of rotatable bonds is 15. The van der Waals surface area contributed by atoms with Crippen molar-refractivity contribution in [1.82, 2.24) is 9.80 Å². The number of carbonyl (C=O) groups excluding carboxylic acids is 1. The van der Waals surface area contributed by atoms with Gasteiger partial charge in [0.15, 0.2) is 0 Å². The zero-order valence-electron chi connectivity index (χ0n) is 21.8. The molecular formula is C28H54N2O. The lowest BCUT2D eigenvalue weighted by Gasteiger charge is -2.54. The van der Waals surface area contributed by atoms with Crippen LogP contribution in [0.4, 0.5) is 0 Å². The summed E-state index contributed by atoms with van der Waals surface area (Å²) >= 11 is 0. The molecule has 1 amide bonds. The minimum atomic E-state index is 0.217. The maximum atomic E-state index is 12.8. The fourth-order valence-electron chi connectivity index (χ4n) is 6.20. The molecule has 0 aliphatic carbocycles. The monoisotopic (exact) mass is 434 g/mol. The Morgan fingerprint density at radius 1 is 0.871 bits per heavy atom. The molecule has 0 aromatic rings. The Bertz CT molecular complexity index is 503. The molecule has 0 N–H and O–H groups in total. The molecule has 2 unspecified atom stereocenters. The SMILES string of the molecule is CCCCCCC(C)C(=O)N1CCC2(CC1)CN(CCCC(C)(CCC)CCCC)C2. The van der Waals surface area contributed by atoms with Crippen molar-refractivity contribution in [2.45, 2.75) is 125 Å². The fourth-order valence-corrected chi connectivity index (χ4v) is 6.20. The zero-order valence-corrected chi connectivity index (χ0v) is 21.8. The highest BCUT2D eigenvalue weighted by Gasteiger charge is 2.45. The van der Waals surface area contributed by atoms with Crippen LogP contribution in [0.1, 0.15) is 125 Å². The van der Waals surface area contributed by atoms with Gasteiger partial charge in [-0.05, 0) is 62.3 Å². The molecule has 1 spiro atoms. The van der Waals surface area contributed by atoms with E-state index in [0.717, 1.165) is 19.5 Å². The first kappa shape index (κ1) is 26.7. The average molecular weight is 435 g/mol. The van der Waals surface area contributed by atoms with Crippen LogP contribution in [0.25, 0.3) is 0 Å². The normalized spacial score (nSPS) is 21.6. The Labute approximate surface area is 194 Å². The third-order valence-corrected chi connectivity index (χ3v) is 8.41.